The lowest BCUT2D eigenvalue weighted by atomic mass is 9.86. The van der Waals surface area contributed by atoms with Crippen LogP contribution in [0.4, 0.5) is 0 Å². The SMILES string of the molecule is COC(=O)CN(CC(N)=O)C1CCCCC1N(CC(=O)CO)C(C)(C)O. The van der Waals surface area contributed by atoms with E-state index in [-0.39, 0.29) is 31.7 Å². The molecule has 1 rings (SSSR count). The van der Waals surface area contributed by atoms with Crippen molar-refractivity contribution in [1.29, 1.82) is 0 Å². The first-order valence-corrected chi connectivity index (χ1v) is 8.81. The van der Waals surface area contributed by atoms with E-state index in [4.69, 9.17) is 15.6 Å². The summed E-state index contributed by atoms with van der Waals surface area (Å²) < 4.78 is 4.72. The fourth-order valence-electron chi connectivity index (χ4n) is 3.56. The Balaban J connectivity index is 3.14. The molecule has 2 unspecified atom stereocenters. The van der Waals surface area contributed by atoms with Gasteiger partial charge in [0.15, 0.2) is 5.78 Å². The Hall–Kier alpha value is -1.55. The van der Waals surface area contributed by atoms with Gasteiger partial charge in [0.05, 0.1) is 26.7 Å². The lowest BCUT2D eigenvalue weighted by Crippen LogP contribution is -2.62. The molecule has 9 heteroatoms. The Bertz CT molecular complexity index is 505. The van der Waals surface area contributed by atoms with Crippen molar-refractivity contribution in [2.75, 3.05) is 33.4 Å². The molecular weight excluding hydrogens is 342 g/mol. The molecule has 9 nitrogen and oxygen atoms in total. The molecule has 1 fully saturated rings. The Morgan fingerprint density at radius 3 is 2.15 bits per heavy atom. The number of aliphatic hydroxyl groups excluding tert-OH is 1. The van der Waals surface area contributed by atoms with Crippen LogP contribution in [0, 0.1) is 0 Å². The summed E-state index contributed by atoms with van der Waals surface area (Å²) in [7, 11) is 1.27. The molecule has 0 bridgehead atoms. The number of nitrogens with two attached hydrogens (primary N) is 1. The zero-order valence-electron chi connectivity index (χ0n) is 15.8. The van der Waals surface area contributed by atoms with Crippen LogP contribution >= 0.6 is 0 Å². The number of amides is 1. The molecule has 0 aliphatic heterocycles. The van der Waals surface area contributed by atoms with Gasteiger partial charge in [-0.3, -0.25) is 24.2 Å². The number of ketones is 1. The molecule has 0 saturated heterocycles. The molecule has 2 atom stereocenters. The summed E-state index contributed by atoms with van der Waals surface area (Å²) in [5.41, 5.74) is 4.03. The van der Waals surface area contributed by atoms with Crippen LogP contribution in [-0.2, 0) is 19.1 Å². The first-order valence-electron chi connectivity index (χ1n) is 8.81. The molecule has 0 aromatic carbocycles. The molecule has 0 heterocycles. The van der Waals surface area contributed by atoms with Crippen molar-refractivity contribution in [2.45, 2.75) is 57.3 Å². The van der Waals surface area contributed by atoms with Gasteiger partial charge in [-0.05, 0) is 26.7 Å². The zero-order chi connectivity index (χ0) is 19.9. The number of primary amides is 1. The smallest absolute Gasteiger partial charge is 0.319 e. The van der Waals surface area contributed by atoms with E-state index in [1.165, 1.54) is 7.11 Å². The standard InChI is InChI=1S/C17H31N3O6/c1-17(2,25)20(8-12(22)11-21)14-7-5-4-6-13(14)19(9-15(18)23)10-16(24)26-3/h13-14,21,25H,4-11H2,1-3H3,(H2,18,23). The van der Waals surface area contributed by atoms with Gasteiger partial charge < -0.3 is 20.7 Å². The van der Waals surface area contributed by atoms with E-state index in [1.54, 1.807) is 23.6 Å². The molecule has 26 heavy (non-hydrogen) atoms. The second-order valence-corrected chi connectivity index (χ2v) is 7.19. The fraction of sp³-hybridized carbons (Fsp3) is 0.824. The maximum atomic E-state index is 11.8. The monoisotopic (exact) mass is 373 g/mol. The van der Waals surface area contributed by atoms with Gasteiger partial charge in [0.25, 0.3) is 0 Å². The summed E-state index contributed by atoms with van der Waals surface area (Å²) in [6.07, 6.45) is 3.16. The number of aliphatic hydroxyl groups is 2. The Labute approximate surface area is 154 Å². The average molecular weight is 373 g/mol. The summed E-state index contributed by atoms with van der Waals surface area (Å²) in [6.45, 7) is 2.18. The Kier molecular flexibility index (Phi) is 8.61. The summed E-state index contributed by atoms with van der Waals surface area (Å²) in [4.78, 5) is 38.4. The average Bonchev–Trinajstić information content (AvgIpc) is 2.57. The quantitative estimate of drug-likeness (QED) is 0.323. The van der Waals surface area contributed by atoms with Gasteiger partial charge >= 0.3 is 5.97 Å². The molecule has 1 saturated carbocycles. The number of ether oxygens (including phenoxy) is 1. The first kappa shape index (κ1) is 22.5. The van der Waals surface area contributed by atoms with Gasteiger partial charge in [0, 0.05) is 12.1 Å². The third kappa shape index (κ3) is 6.64. The summed E-state index contributed by atoms with van der Waals surface area (Å²) in [5.74, 6) is -1.47. The van der Waals surface area contributed by atoms with E-state index in [1.807, 2.05) is 0 Å². The minimum Gasteiger partial charge on any atom is -0.468 e. The third-order valence-electron chi connectivity index (χ3n) is 4.71. The van der Waals surface area contributed by atoms with Crippen LogP contribution in [0.15, 0.2) is 0 Å². The van der Waals surface area contributed by atoms with Gasteiger partial charge in [-0.2, -0.15) is 0 Å². The van der Waals surface area contributed by atoms with E-state index in [0.29, 0.717) is 12.8 Å². The topological polar surface area (TPSA) is 133 Å². The third-order valence-corrected chi connectivity index (χ3v) is 4.71. The predicted molar refractivity (Wildman–Crippen MR) is 93.9 cm³/mol. The first-order chi connectivity index (χ1) is 12.1. The van der Waals surface area contributed by atoms with Crippen molar-refractivity contribution in [3.8, 4) is 0 Å². The van der Waals surface area contributed by atoms with Crippen LogP contribution in [0.25, 0.3) is 0 Å². The number of Topliss-reactive ketones (excluding diaryl/α,β-unsaturated/α-hetero) is 1. The van der Waals surface area contributed by atoms with Crippen molar-refractivity contribution in [3.63, 3.8) is 0 Å². The van der Waals surface area contributed by atoms with E-state index in [2.05, 4.69) is 0 Å². The number of esters is 1. The van der Waals surface area contributed by atoms with Crippen LogP contribution < -0.4 is 5.73 Å². The molecule has 0 aromatic heterocycles. The van der Waals surface area contributed by atoms with Gasteiger partial charge in [-0.15, -0.1) is 0 Å². The number of hydrogen-bond acceptors (Lipinski definition) is 8. The van der Waals surface area contributed by atoms with Gasteiger partial charge in [-0.25, -0.2) is 0 Å². The minimum atomic E-state index is -1.31. The lowest BCUT2D eigenvalue weighted by Gasteiger charge is -2.48. The van der Waals surface area contributed by atoms with Crippen LogP contribution in [0.1, 0.15) is 39.5 Å². The normalized spacial score (nSPS) is 21.0. The maximum absolute atomic E-state index is 11.8. The molecular formula is C17H31N3O6. The number of hydrogen-bond donors (Lipinski definition) is 3. The molecule has 1 amide bonds. The van der Waals surface area contributed by atoms with Gasteiger partial charge in [-0.1, -0.05) is 12.8 Å². The molecule has 1 aliphatic carbocycles. The summed E-state index contributed by atoms with van der Waals surface area (Å²) in [6, 6.07) is -0.531. The van der Waals surface area contributed by atoms with Crippen LogP contribution in [0.5, 0.6) is 0 Å². The van der Waals surface area contributed by atoms with Crippen molar-refractivity contribution in [1.82, 2.24) is 9.80 Å². The van der Waals surface area contributed by atoms with Crippen molar-refractivity contribution in [2.24, 2.45) is 5.73 Å². The molecule has 1 aliphatic rings. The zero-order valence-corrected chi connectivity index (χ0v) is 15.8. The van der Waals surface area contributed by atoms with Gasteiger partial charge in [0.1, 0.15) is 12.3 Å². The number of carbonyl (C=O) groups excluding carboxylic acids is 3. The summed E-state index contributed by atoms with van der Waals surface area (Å²) in [5, 5.41) is 19.7. The number of rotatable bonds is 10. The van der Waals surface area contributed by atoms with Crippen molar-refractivity contribution in [3.05, 3.63) is 0 Å². The van der Waals surface area contributed by atoms with E-state index in [9.17, 15) is 19.5 Å². The highest BCUT2D eigenvalue weighted by Crippen LogP contribution is 2.30. The predicted octanol–water partition coefficient (Wildman–Crippen LogP) is -1.15. The van der Waals surface area contributed by atoms with Crippen LogP contribution in [-0.4, -0.2) is 88.8 Å². The Morgan fingerprint density at radius 1 is 1.12 bits per heavy atom. The highest BCUT2D eigenvalue weighted by Gasteiger charge is 2.40. The van der Waals surface area contributed by atoms with E-state index >= 15 is 0 Å². The number of nitrogens with zero attached hydrogens (tertiary/aromatic N) is 2. The highest BCUT2D eigenvalue weighted by molar-refractivity contribution is 5.81. The highest BCUT2D eigenvalue weighted by atomic mass is 16.5. The van der Waals surface area contributed by atoms with E-state index < -0.39 is 30.0 Å². The maximum Gasteiger partial charge on any atom is 0.319 e. The second kappa shape index (κ2) is 9.96. The van der Waals surface area contributed by atoms with Crippen molar-refractivity contribution >= 4 is 17.7 Å². The van der Waals surface area contributed by atoms with Crippen molar-refractivity contribution < 1.29 is 29.3 Å². The van der Waals surface area contributed by atoms with Crippen LogP contribution in [0.2, 0.25) is 0 Å². The van der Waals surface area contributed by atoms with Crippen LogP contribution in [0.3, 0.4) is 0 Å². The fourth-order valence-corrected chi connectivity index (χ4v) is 3.56. The molecule has 4 N–H and O–H groups in total. The van der Waals surface area contributed by atoms with Gasteiger partial charge in [0.2, 0.25) is 5.91 Å². The molecule has 150 valence electrons. The largest absolute Gasteiger partial charge is 0.468 e. The Morgan fingerprint density at radius 2 is 1.69 bits per heavy atom. The summed E-state index contributed by atoms with van der Waals surface area (Å²) >= 11 is 0. The minimum absolute atomic E-state index is 0.103. The molecule has 0 aromatic rings. The second-order valence-electron chi connectivity index (χ2n) is 7.19. The lowest BCUT2D eigenvalue weighted by molar-refractivity contribution is -0.151. The molecule has 0 spiro atoms. The molecule has 0 radical (unpaired) electrons. The number of methoxy groups -OCH3 is 1. The number of carbonyl (C=O) groups is 3. The van der Waals surface area contributed by atoms with E-state index in [0.717, 1.165) is 12.8 Å².